The molecule has 2 aliphatic heterocycles. The number of carbonyl (C=O) groups excluding carboxylic acids is 4. The molecule has 0 fully saturated rings. The lowest BCUT2D eigenvalue weighted by Crippen LogP contribution is -2.40. The zero-order valence-corrected chi connectivity index (χ0v) is 39.2. The summed E-state index contributed by atoms with van der Waals surface area (Å²) in [6.45, 7) is 5.11. The van der Waals surface area contributed by atoms with Gasteiger partial charge in [-0.25, -0.2) is 19.3 Å². The first kappa shape index (κ1) is 49.4. The quantitative estimate of drug-likeness (QED) is 0.0840. The van der Waals surface area contributed by atoms with Gasteiger partial charge in [-0.15, -0.1) is 10.2 Å². The van der Waals surface area contributed by atoms with Crippen LogP contribution >= 0.6 is 0 Å². The second-order valence-corrected chi connectivity index (χ2v) is 19.2. The van der Waals surface area contributed by atoms with Crippen molar-refractivity contribution in [1.82, 2.24) is 61.2 Å². The van der Waals surface area contributed by atoms with Gasteiger partial charge in [-0.05, 0) is 41.8 Å². The molecule has 22 heteroatoms. The van der Waals surface area contributed by atoms with Crippen LogP contribution in [0.5, 0.6) is 0 Å². The minimum atomic E-state index is -4.08. The first-order valence-corrected chi connectivity index (χ1v) is 23.4. The summed E-state index contributed by atoms with van der Waals surface area (Å²) in [6.07, 6.45) is 12.6. The third kappa shape index (κ3) is 15.0. The van der Waals surface area contributed by atoms with E-state index in [1.165, 1.54) is 21.5 Å². The normalized spacial score (nSPS) is 14.7. The number of benzene rings is 1. The number of allylic oxidation sites excluding steroid dienone is 2. The Hall–Kier alpha value is -7.01. The van der Waals surface area contributed by atoms with E-state index in [9.17, 15) is 27.6 Å². The number of carbonyl (C=O) groups is 4. The van der Waals surface area contributed by atoms with Crippen LogP contribution in [0.25, 0.3) is 11.4 Å². The van der Waals surface area contributed by atoms with Crippen molar-refractivity contribution in [3.63, 3.8) is 0 Å². The Balaban J connectivity index is 1.21. The molecule has 4 aromatic heterocycles. The van der Waals surface area contributed by atoms with Gasteiger partial charge in [-0.2, -0.15) is 8.42 Å². The summed E-state index contributed by atoms with van der Waals surface area (Å²) in [7, 11) is 3.98. The minimum absolute atomic E-state index is 0.0121. The number of fused-ring (bicyclic) bond motifs is 13. The van der Waals surface area contributed by atoms with Crippen molar-refractivity contribution in [1.29, 1.82) is 0 Å². The number of hydrogen-bond donors (Lipinski definition) is 5. The summed E-state index contributed by atoms with van der Waals surface area (Å²) >= 11 is 0. The fourth-order valence-electron chi connectivity index (χ4n) is 7.15. The summed E-state index contributed by atoms with van der Waals surface area (Å²) in [5.74, 6) is -2.47. The Morgan fingerprint density at radius 3 is 1.39 bits per heavy atom. The zero-order valence-electron chi connectivity index (χ0n) is 38.3. The topological polar surface area (TPSA) is 258 Å². The smallest absolute Gasteiger partial charge is 0.270 e. The number of pyridine rings is 2. The summed E-state index contributed by atoms with van der Waals surface area (Å²) in [4.78, 5) is 62.9. The van der Waals surface area contributed by atoms with Gasteiger partial charge in [-0.1, -0.05) is 72.3 Å². The first-order valence-electron chi connectivity index (χ1n) is 21.8. The van der Waals surface area contributed by atoms with Crippen molar-refractivity contribution in [2.75, 3.05) is 60.1 Å². The largest absolute Gasteiger partial charge is 0.347 e. The molecule has 0 saturated carbocycles. The number of nitrogens with zero attached hydrogens (tertiary/aromatic N) is 10. The molecule has 1 aromatic carbocycles. The molecular formula is C45H58N14O7S+2. The van der Waals surface area contributed by atoms with Gasteiger partial charge in [-0.3, -0.25) is 23.7 Å². The molecule has 6 bridgehead atoms. The number of quaternary nitrogens is 2. The third-order valence-electron chi connectivity index (χ3n) is 10.7. The second-order valence-electron chi connectivity index (χ2n) is 17.6. The number of aromatic nitrogens is 8. The lowest BCUT2D eigenvalue weighted by Gasteiger charge is -2.28. The van der Waals surface area contributed by atoms with Gasteiger partial charge in [0, 0.05) is 32.6 Å². The van der Waals surface area contributed by atoms with Crippen molar-refractivity contribution >= 4 is 33.7 Å². The molecule has 0 saturated heterocycles. The molecule has 2 aliphatic rings. The maximum Gasteiger partial charge on any atom is 0.270 e. The first-order chi connectivity index (χ1) is 31.8. The Kier molecular flexibility index (Phi) is 16.2. The fraction of sp³-hybridized carbons (Fsp3) is 0.378. The fourth-order valence-corrected chi connectivity index (χ4v) is 7.64. The standard InChI is InChI=1S/C45H56N14O7S/c1-6-7-19-58(2,3)30-34-28-56(54-52-34)36-22-38-42(60)46-17-10-8-9-11-18-47-43(61)39-23-37(57-29-35(53-55-57)31-59(4,5)20-12-21-67(64,65)66)25-41(51-39)45(63)49-27-33-15-13-32(14-16-33)26-48-44(62)40(24-36)50-38/h8-11,13-16,22-25,28-29H,6-7,12,17-21,26-27,30-31H2,1-5H3,(H3-2,46,47,48,49,60,61,62,63,64,65,66)/p+2. The van der Waals surface area contributed by atoms with Crippen LogP contribution in [0, 0.1) is 0 Å². The van der Waals surface area contributed by atoms with Crippen LogP contribution in [0.2, 0.25) is 0 Å². The molecule has 4 amide bonds. The SMILES string of the molecule is CCCC[N+](C)(C)Cc1cn(-c2cc3nc(c2)C(=O)NCc2ccc(cc2)CNC(=O)c2cc(-n4cc(C[N+](C)(C)CCCS(=O)(=O)O)nn4)cc(n2)C(=O)NCC=CC=CCNC3=O)nn1. The second kappa shape index (κ2) is 22.0. The van der Waals surface area contributed by atoms with Gasteiger partial charge in [0.25, 0.3) is 33.7 Å². The van der Waals surface area contributed by atoms with Gasteiger partial charge in [0.1, 0.15) is 47.3 Å². The molecule has 5 N–H and O–H groups in total. The highest BCUT2D eigenvalue weighted by atomic mass is 32.2. The van der Waals surface area contributed by atoms with Crippen molar-refractivity contribution in [3.05, 3.63) is 131 Å². The van der Waals surface area contributed by atoms with E-state index in [0.717, 1.165) is 40.7 Å². The molecule has 0 atom stereocenters. The van der Waals surface area contributed by atoms with Gasteiger partial charge >= 0.3 is 0 Å². The third-order valence-corrected chi connectivity index (χ3v) is 11.5. The Labute approximate surface area is 389 Å². The van der Waals surface area contributed by atoms with Gasteiger partial charge in [0.05, 0.1) is 70.8 Å². The highest BCUT2D eigenvalue weighted by Crippen LogP contribution is 2.17. The monoisotopic (exact) mass is 938 g/mol. The molecule has 6 heterocycles. The summed E-state index contributed by atoms with van der Waals surface area (Å²) in [5, 5.41) is 28.5. The molecule has 21 nitrogen and oxygen atoms in total. The zero-order chi connectivity index (χ0) is 48.2. The van der Waals surface area contributed by atoms with Gasteiger partial charge < -0.3 is 30.2 Å². The minimum Gasteiger partial charge on any atom is -0.347 e. The molecule has 354 valence electrons. The van der Waals surface area contributed by atoms with E-state index in [4.69, 9.17) is 4.55 Å². The Morgan fingerprint density at radius 2 is 1.00 bits per heavy atom. The molecule has 7 rings (SSSR count). The lowest BCUT2D eigenvalue weighted by atomic mass is 10.1. The molecule has 0 radical (unpaired) electrons. The average Bonchev–Trinajstić information content (AvgIpc) is 3.96. The van der Waals surface area contributed by atoms with E-state index in [2.05, 4.69) is 72.9 Å². The maximum absolute atomic E-state index is 13.6. The molecular weight excluding hydrogens is 881 g/mol. The summed E-state index contributed by atoms with van der Waals surface area (Å²) in [5.41, 5.74) is 3.58. The Morgan fingerprint density at radius 1 is 0.612 bits per heavy atom. The lowest BCUT2D eigenvalue weighted by molar-refractivity contribution is -0.904. The maximum atomic E-state index is 13.6. The number of hydrogen-bond acceptors (Lipinski definition) is 12. The predicted molar refractivity (Wildman–Crippen MR) is 247 cm³/mol. The average molecular weight is 939 g/mol. The number of rotatable bonds is 13. The molecule has 5 aromatic rings. The van der Waals surface area contributed by atoms with Crippen LogP contribution in [0.1, 0.15) is 90.7 Å². The van der Waals surface area contributed by atoms with E-state index in [0.29, 0.717) is 41.2 Å². The molecule has 67 heavy (non-hydrogen) atoms. The van der Waals surface area contributed by atoms with Crippen molar-refractivity contribution in [3.8, 4) is 11.4 Å². The van der Waals surface area contributed by atoms with Crippen LogP contribution in [-0.4, -0.2) is 146 Å². The van der Waals surface area contributed by atoms with E-state index in [-0.39, 0.29) is 61.1 Å². The molecule has 0 unspecified atom stereocenters. The van der Waals surface area contributed by atoms with Gasteiger partial charge in [0.2, 0.25) is 0 Å². The van der Waals surface area contributed by atoms with Crippen LogP contribution in [0.4, 0.5) is 0 Å². The summed E-state index contributed by atoms with van der Waals surface area (Å²) < 4.78 is 35.6. The number of nitrogens with one attached hydrogen (secondary N) is 4. The van der Waals surface area contributed by atoms with Crippen molar-refractivity contribution < 1.29 is 41.1 Å². The number of unbranched alkanes of at least 4 members (excludes halogenated alkanes) is 1. The van der Waals surface area contributed by atoms with Crippen LogP contribution < -0.4 is 21.3 Å². The molecule has 0 spiro atoms. The van der Waals surface area contributed by atoms with E-state index >= 15 is 0 Å². The predicted octanol–water partition coefficient (Wildman–Crippen LogP) is 2.31. The highest BCUT2D eigenvalue weighted by Gasteiger charge is 2.23. The van der Waals surface area contributed by atoms with E-state index in [1.54, 1.807) is 48.8 Å². The van der Waals surface area contributed by atoms with Crippen LogP contribution in [0.3, 0.4) is 0 Å². The van der Waals surface area contributed by atoms with Crippen LogP contribution in [0.15, 0.2) is 85.2 Å². The molecule has 0 aliphatic carbocycles. The number of amides is 4. The van der Waals surface area contributed by atoms with Crippen LogP contribution in [-0.2, 0) is 36.3 Å². The van der Waals surface area contributed by atoms with E-state index < -0.39 is 33.7 Å². The Bertz CT molecular complexity index is 2740. The van der Waals surface area contributed by atoms with Crippen molar-refractivity contribution in [2.24, 2.45) is 0 Å². The van der Waals surface area contributed by atoms with Gasteiger partial charge in [0.15, 0.2) is 0 Å². The van der Waals surface area contributed by atoms with E-state index in [1.807, 2.05) is 38.4 Å². The highest BCUT2D eigenvalue weighted by molar-refractivity contribution is 7.85. The van der Waals surface area contributed by atoms with Crippen molar-refractivity contribution in [2.45, 2.75) is 52.4 Å². The summed E-state index contributed by atoms with van der Waals surface area (Å²) in [6, 6.07) is 13.3.